The highest BCUT2D eigenvalue weighted by molar-refractivity contribution is 8.00. The Morgan fingerprint density at radius 1 is 1.28 bits per heavy atom. The van der Waals surface area contributed by atoms with Gasteiger partial charge < -0.3 is 11.1 Å². The van der Waals surface area contributed by atoms with E-state index in [0.29, 0.717) is 5.96 Å². The minimum Gasteiger partial charge on any atom is -0.370 e. The largest absolute Gasteiger partial charge is 0.370 e. The molecule has 0 heterocycles. The predicted octanol–water partition coefficient (Wildman–Crippen LogP) is 3.34. The van der Waals surface area contributed by atoms with Gasteiger partial charge in [0.1, 0.15) is 0 Å². The minimum atomic E-state index is 0.211. The van der Waals surface area contributed by atoms with E-state index >= 15 is 0 Å². The van der Waals surface area contributed by atoms with Crippen LogP contribution in [0.3, 0.4) is 0 Å². The van der Waals surface area contributed by atoms with Crippen LogP contribution in [-0.4, -0.2) is 23.5 Å². The molecule has 0 aromatic heterocycles. The standard InChI is InChI=1S/C14H23N3S/c1-4-14(5-2,18-3)11-16-13(15)17-12-9-7-6-8-10-12/h6-10H,4-5,11H2,1-3H3,(H3,15,16,17). The van der Waals surface area contributed by atoms with Crippen LogP contribution >= 0.6 is 11.8 Å². The lowest BCUT2D eigenvalue weighted by molar-refractivity contribution is 0.560. The summed E-state index contributed by atoms with van der Waals surface area (Å²) in [7, 11) is 0. The topological polar surface area (TPSA) is 50.4 Å². The summed E-state index contributed by atoms with van der Waals surface area (Å²) in [5.41, 5.74) is 6.88. The molecule has 3 N–H and O–H groups in total. The summed E-state index contributed by atoms with van der Waals surface area (Å²) in [6.07, 6.45) is 4.35. The van der Waals surface area contributed by atoms with Crippen molar-refractivity contribution in [2.75, 3.05) is 18.1 Å². The van der Waals surface area contributed by atoms with E-state index < -0.39 is 0 Å². The summed E-state index contributed by atoms with van der Waals surface area (Å²) in [5, 5.41) is 3.11. The van der Waals surface area contributed by atoms with Crippen LogP contribution in [0, 0.1) is 0 Å². The molecule has 0 aliphatic carbocycles. The van der Waals surface area contributed by atoms with Crippen molar-refractivity contribution in [2.24, 2.45) is 10.7 Å². The monoisotopic (exact) mass is 265 g/mol. The summed E-state index contributed by atoms with van der Waals surface area (Å²) in [4.78, 5) is 4.47. The molecule has 1 rings (SSSR count). The molecule has 3 nitrogen and oxygen atoms in total. The zero-order valence-electron chi connectivity index (χ0n) is 11.4. The fourth-order valence-electron chi connectivity index (χ4n) is 1.76. The van der Waals surface area contributed by atoms with Crippen LogP contribution in [-0.2, 0) is 0 Å². The van der Waals surface area contributed by atoms with Gasteiger partial charge in [0.2, 0.25) is 0 Å². The number of aliphatic imine (C=N–C) groups is 1. The molecule has 1 aromatic carbocycles. The quantitative estimate of drug-likeness (QED) is 0.612. The van der Waals surface area contributed by atoms with E-state index in [-0.39, 0.29) is 4.75 Å². The number of para-hydroxylation sites is 1. The average molecular weight is 265 g/mol. The Labute approximate surface area is 114 Å². The molecule has 4 heteroatoms. The fraction of sp³-hybridized carbons (Fsp3) is 0.500. The maximum absolute atomic E-state index is 5.91. The first-order valence-electron chi connectivity index (χ1n) is 6.33. The summed E-state index contributed by atoms with van der Waals surface area (Å²) in [5.74, 6) is 0.488. The third-order valence-electron chi connectivity index (χ3n) is 3.31. The van der Waals surface area contributed by atoms with Crippen molar-refractivity contribution < 1.29 is 0 Å². The van der Waals surface area contributed by atoms with Crippen molar-refractivity contribution in [3.05, 3.63) is 30.3 Å². The molecule has 0 atom stereocenters. The van der Waals surface area contributed by atoms with Crippen LogP contribution in [0.25, 0.3) is 0 Å². The van der Waals surface area contributed by atoms with Crippen molar-refractivity contribution in [2.45, 2.75) is 31.4 Å². The number of nitrogens with two attached hydrogens (primary N) is 1. The number of nitrogens with one attached hydrogen (secondary N) is 1. The third-order valence-corrected chi connectivity index (χ3v) is 4.88. The van der Waals surface area contributed by atoms with Crippen molar-refractivity contribution in [3.63, 3.8) is 0 Å². The summed E-state index contributed by atoms with van der Waals surface area (Å²) < 4.78 is 0.211. The highest BCUT2D eigenvalue weighted by Gasteiger charge is 2.24. The Morgan fingerprint density at radius 2 is 1.89 bits per heavy atom. The maximum Gasteiger partial charge on any atom is 0.193 e. The van der Waals surface area contributed by atoms with Crippen molar-refractivity contribution in [1.29, 1.82) is 0 Å². The minimum absolute atomic E-state index is 0.211. The Morgan fingerprint density at radius 3 is 2.39 bits per heavy atom. The van der Waals surface area contributed by atoms with Crippen molar-refractivity contribution >= 4 is 23.4 Å². The molecular weight excluding hydrogens is 242 g/mol. The first kappa shape index (κ1) is 14.9. The van der Waals surface area contributed by atoms with E-state index in [0.717, 1.165) is 25.1 Å². The highest BCUT2D eigenvalue weighted by Crippen LogP contribution is 2.30. The molecule has 0 spiro atoms. The van der Waals surface area contributed by atoms with E-state index in [1.165, 1.54) is 0 Å². The van der Waals surface area contributed by atoms with Crippen LogP contribution in [0.2, 0.25) is 0 Å². The lowest BCUT2D eigenvalue weighted by Crippen LogP contribution is -2.30. The second-order valence-corrected chi connectivity index (χ2v) is 5.56. The van der Waals surface area contributed by atoms with E-state index in [1.807, 2.05) is 42.1 Å². The van der Waals surface area contributed by atoms with Gasteiger partial charge in [0.15, 0.2) is 5.96 Å². The van der Waals surface area contributed by atoms with Gasteiger partial charge in [0.05, 0.1) is 6.54 Å². The molecule has 0 aliphatic rings. The van der Waals surface area contributed by atoms with Gasteiger partial charge in [-0.2, -0.15) is 11.8 Å². The van der Waals surface area contributed by atoms with Crippen LogP contribution in [0.1, 0.15) is 26.7 Å². The molecule has 0 aliphatic heterocycles. The van der Waals surface area contributed by atoms with Crippen LogP contribution in [0.15, 0.2) is 35.3 Å². The lowest BCUT2D eigenvalue weighted by Gasteiger charge is -2.27. The summed E-state index contributed by atoms with van der Waals surface area (Å²) in [6.45, 7) is 5.17. The summed E-state index contributed by atoms with van der Waals surface area (Å²) >= 11 is 1.88. The molecular formula is C14H23N3S. The van der Waals surface area contributed by atoms with Gasteiger partial charge in [-0.05, 0) is 31.2 Å². The molecule has 0 amide bonds. The SMILES string of the molecule is CCC(CC)(CN=C(N)Nc1ccccc1)SC. The molecule has 0 unspecified atom stereocenters. The van der Waals surface area contributed by atoms with Crippen LogP contribution < -0.4 is 11.1 Å². The number of rotatable bonds is 6. The number of hydrogen-bond donors (Lipinski definition) is 2. The third kappa shape index (κ3) is 4.26. The molecule has 0 fully saturated rings. The van der Waals surface area contributed by atoms with Crippen LogP contribution in [0.4, 0.5) is 5.69 Å². The number of benzene rings is 1. The number of anilines is 1. The van der Waals surface area contributed by atoms with Gasteiger partial charge in [0.25, 0.3) is 0 Å². The Hall–Kier alpha value is -1.16. The number of guanidine groups is 1. The summed E-state index contributed by atoms with van der Waals surface area (Å²) in [6, 6.07) is 9.87. The molecule has 0 saturated heterocycles. The van der Waals surface area contributed by atoms with E-state index in [4.69, 9.17) is 5.73 Å². The van der Waals surface area contributed by atoms with E-state index in [1.54, 1.807) is 0 Å². The second kappa shape index (κ2) is 7.31. The molecule has 0 saturated carbocycles. The molecule has 100 valence electrons. The Bertz CT molecular complexity index is 364. The second-order valence-electron chi connectivity index (χ2n) is 4.29. The fourth-order valence-corrected chi connectivity index (χ4v) is 2.54. The van der Waals surface area contributed by atoms with Crippen molar-refractivity contribution in [1.82, 2.24) is 0 Å². The van der Waals surface area contributed by atoms with Crippen molar-refractivity contribution in [3.8, 4) is 0 Å². The van der Waals surface area contributed by atoms with Gasteiger partial charge in [-0.1, -0.05) is 32.0 Å². The zero-order valence-corrected chi connectivity index (χ0v) is 12.3. The normalized spacial score (nSPS) is 12.5. The van der Waals surface area contributed by atoms with Gasteiger partial charge >= 0.3 is 0 Å². The van der Waals surface area contributed by atoms with E-state index in [9.17, 15) is 0 Å². The van der Waals surface area contributed by atoms with Gasteiger partial charge in [-0.15, -0.1) is 0 Å². The number of thioether (sulfide) groups is 1. The van der Waals surface area contributed by atoms with Gasteiger partial charge in [-0.3, -0.25) is 4.99 Å². The highest BCUT2D eigenvalue weighted by atomic mass is 32.2. The van der Waals surface area contributed by atoms with Gasteiger partial charge in [-0.25, -0.2) is 0 Å². The molecule has 1 aromatic rings. The van der Waals surface area contributed by atoms with Crippen LogP contribution in [0.5, 0.6) is 0 Å². The Kier molecular flexibility index (Phi) is 6.05. The first-order valence-corrected chi connectivity index (χ1v) is 7.55. The first-order chi connectivity index (χ1) is 8.65. The smallest absolute Gasteiger partial charge is 0.193 e. The lowest BCUT2D eigenvalue weighted by atomic mass is 10.0. The van der Waals surface area contributed by atoms with Gasteiger partial charge in [0, 0.05) is 10.4 Å². The maximum atomic E-state index is 5.91. The molecule has 18 heavy (non-hydrogen) atoms. The predicted molar refractivity (Wildman–Crippen MR) is 83.4 cm³/mol. The molecule has 0 bridgehead atoms. The zero-order chi connectivity index (χ0) is 13.4. The Balaban J connectivity index is 2.61. The number of nitrogens with zero attached hydrogens (tertiary/aromatic N) is 1. The molecule has 0 radical (unpaired) electrons. The average Bonchev–Trinajstić information content (AvgIpc) is 2.42. The van der Waals surface area contributed by atoms with E-state index in [2.05, 4.69) is 30.4 Å². The number of hydrogen-bond acceptors (Lipinski definition) is 2.